The maximum atomic E-state index is 5.67. The summed E-state index contributed by atoms with van der Waals surface area (Å²) in [6.45, 7) is 2.95. The Hall–Kier alpha value is -1.39. The predicted molar refractivity (Wildman–Crippen MR) is 65.5 cm³/mol. The Morgan fingerprint density at radius 2 is 2.25 bits per heavy atom. The van der Waals surface area contributed by atoms with Crippen LogP contribution in [0, 0.1) is 6.92 Å². The van der Waals surface area contributed by atoms with Crippen molar-refractivity contribution in [1.82, 2.24) is 4.98 Å². The molecular formula is C12H14N2OS. The van der Waals surface area contributed by atoms with Gasteiger partial charge < -0.3 is 10.5 Å². The standard InChI is InChI=1S/C12H14N2OS/c1-9-4-5-10(7-13)12(14-9)15-8-11-3-2-6-16-11/h2-6H,7-8,13H2,1H3. The Morgan fingerprint density at radius 1 is 1.38 bits per heavy atom. The van der Waals surface area contributed by atoms with Crippen LogP contribution in [-0.2, 0) is 13.2 Å². The second-order valence-corrected chi connectivity index (χ2v) is 4.52. The first-order chi connectivity index (χ1) is 7.79. The van der Waals surface area contributed by atoms with Crippen molar-refractivity contribution in [3.63, 3.8) is 0 Å². The van der Waals surface area contributed by atoms with E-state index >= 15 is 0 Å². The van der Waals surface area contributed by atoms with Crippen LogP contribution >= 0.6 is 11.3 Å². The number of nitrogens with zero attached hydrogens (tertiary/aromatic N) is 1. The van der Waals surface area contributed by atoms with Crippen LogP contribution < -0.4 is 10.5 Å². The van der Waals surface area contributed by atoms with Gasteiger partial charge in [0.1, 0.15) is 6.61 Å². The van der Waals surface area contributed by atoms with Gasteiger partial charge >= 0.3 is 0 Å². The molecule has 2 rings (SSSR count). The Kier molecular flexibility index (Phi) is 3.54. The fraction of sp³-hybridized carbons (Fsp3) is 0.250. The van der Waals surface area contributed by atoms with E-state index in [0.717, 1.165) is 11.3 Å². The minimum atomic E-state index is 0.451. The molecule has 0 amide bonds. The third kappa shape index (κ3) is 2.59. The van der Waals surface area contributed by atoms with Crippen molar-refractivity contribution in [3.8, 4) is 5.88 Å². The Balaban J connectivity index is 2.11. The topological polar surface area (TPSA) is 48.1 Å². The molecule has 2 heterocycles. The molecular weight excluding hydrogens is 220 g/mol. The number of hydrogen-bond acceptors (Lipinski definition) is 4. The van der Waals surface area contributed by atoms with Gasteiger partial charge in [-0.1, -0.05) is 12.1 Å². The largest absolute Gasteiger partial charge is 0.472 e. The molecule has 0 spiro atoms. The highest BCUT2D eigenvalue weighted by Gasteiger charge is 2.05. The van der Waals surface area contributed by atoms with Crippen molar-refractivity contribution < 1.29 is 4.74 Å². The van der Waals surface area contributed by atoms with Gasteiger partial charge in [-0.05, 0) is 24.4 Å². The fourth-order valence-electron chi connectivity index (χ4n) is 1.38. The molecule has 0 radical (unpaired) electrons. The normalized spacial score (nSPS) is 10.4. The molecule has 2 aromatic heterocycles. The number of pyridine rings is 1. The van der Waals surface area contributed by atoms with Gasteiger partial charge in [0.2, 0.25) is 5.88 Å². The number of nitrogens with two attached hydrogens (primary N) is 1. The smallest absolute Gasteiger partial charge is 0.218 e. The molecule has 0 aliphatic heterocycles. The van der Waals surface area contributed by atoms with Crippen LogP contribution in [0.5, 0.6) is 5.88 Å². The zero-order valence-corrected chi connectivity index (χ0v) is 9.96. The monoisotopic (exact) mass is 234 g/mol. The molecule has 0 atom stereocenters. The number of rotatable bonds is 4. The molecule has 4 heteroatoms. The molecule has 0 aliphatic carbocycles. The van der Waals surface area contributed by atoms with Crippen molar-refractivity contribution in [1.29, 1.82) is 0 Å². The number of thiophene rings is 1. The Bertz CT molecular complexity index is 454. The number of hydrogen-bond donors (Lipinski definition) is 1. The molecule has 0 unspecified atom stereocenters. The first kappa shape index (κ1) is 11.1. The van der Waals surface area contributed by atoms with E-state index in [1.54, 1.807) is 11.3 Å². The van der Waals surface area contributed by atoms with Crippen LogP contribution in [0.25, 0.3) is 0 Å². The van der Waals surface area contributed by atoms with Gasteiger partial charge in [-0.2, -0.15) is 0 Å². The van der Waals surface area contributed by atoms with Crippen LogP contribution in [0.3, 0.4) is 0 Å². The molecule has 16 heavy (non-hydrogen) atoms. The number of aryl methyl sites for hydroxylation is 1. The molecule has 84 valence electrons. The van der Waals surface area contributed by atoms with Gasteiger partial charge in [-0.15, -0.1) is 11.3 Å². The van der Waals surface area contributed by atoms with E-state index in [2.05, 4.69) is 4.98 Å². The minimum Gasteiger partial charge on any atom is -0.472 e. The van der Waals surface area contributed by atoms with Crippen molar-refractivity contribution in [2.24, 2.45) is 5.73 Å². The molecule has 2 N–H and O–H groups in total. The van der Waals surface area contributed by atoms with E-state index in [1.807, 2.05) is 36.6 Å². The average molecular weight is 234 g/mol. The first-order valence-electron chi connectivity index (χ1n) is 5.11. The lowest BCUT2D eigenvalue weighted by molar-refractivity contribution is 0.293. The van der Waals surface area contributed by atoms with Crippen LogP contribution in [0.2, 0.25) is 0 Å². The Labute approximate surface area is 98.9 Å². The summed E-state index contributed by atoms with van der Waals surface area (Å²) in [5.74, 6) is 0.649. The summed E-state index contributed by atoms with van der Waals surface area (Å²) >= 11 is 1.68. The van der Waals surface area contributed by atoms with E-state index in [4.69, 9.17) is 10.5 Å². The first-order valence-corrected chi connectivity index (χ1v) is 5.99. The summed E-state index contributed by atoms with van der Waals surface area (Å²) < 4.78 is 5.67. The highest BCUT2D eigenvalue weighted by atomic mass is 32.1. The second kappa shape index (κ2) is 5.09. The molecule has 0 bridgehead atoms. The van der Waals surface area contributed by atoms with Crippen LogP contribution in [0.4, 0.5) is 0 Å². The van der Waals surface area contributed by atoms with Gasteiger partial charge in [0.25, 0.3) is 0 Å². The van der Waals surface area contributed by atoms with Crippen LogP contribution in [-0.4, -0.2) is 4.98 Å². The van der Waals surface area contributed by atoms with E-state index in [1.165, 1.54) is 4.88 Å². The molecule has 0 aliphatic rings. The molecule has 3 nitrogen and oxygen atoms in total. The van der Waals surface area contributed by atoms with Crippen molar-refractivity contribution in [2.45, 2.75) is 20.1 Å². The van der Waals surface area contributed by atoms with Gasteiger partial charge in [0.05, 0.1) is 0 Å². The summed E-state index contributed by atoms with van der Waals surface area (Å²) in [6, 6.07) is 7.96. The summed E-state index contributed by atoms with van der Waals surface area (Å²) in [5.41, 5.74) is 7.52. The van der Waals surface area contributed by atoms with Crippen LogP contribution in [0.1, 0.15) is 16.1 Å². The maximum absolute atomic E-state index is 5.67. The van der Waals surface area contributed by atoms with E-state index in [9.17, 15) is 0 Å². The fourth-order valence-corrected chi connectivity index (χ4v) is 1.99. The molecule has 0 aromatic carbocycles. The third-order valence-electron chi connectivity index (χ3n) is 2.23. The zero-order valence-electron chi connectivity index (χ0n) is 9.14. The highest BCUT2D eigenvalue weighted by Crippen LogP contribution is 2.18. The lowest BCUT2D eigenvalue weighted by atomic mass is 10.2. The quantitative estimate of drug-likeness (QED) is 0.884. The molecule has 0 fully saturated rings. The van der Waals surface area contributed by atoms with E-state index in [-0.39, 0.29) is 0 Å². The number of aromatic nitrogens is 1. The predicted octanol–water partition coefficient (Wildman–Crippen LogP) is 2.49. The van der Waals surface area contributed by atoms with Crippen LogP contribution in [0.15, 0.2) is 29.6 Å². The van der Waals surface area contributed by atoms with E-state index in [0.29, 0.717) is 19.0 Å². The second-order valence-electron chi connectivity index (χ2n) is 3.49. The Morgan fingerprint density at radius 3 is 2.94 bits per heavy atom. The average Bonchev–Trinajstić information content (AvgIpc) is 2.79. The SMILES string of the molecule is Cc1ccc(CN)c(OCc2cccs2)n1. The molecule has 2 aromatic rings. The van der Waals surface area contributed by atoms with Crippen molar-refractivity contribution in [2.75, 3.05) is 0 Å². The summed E-state index contributed by atoms with van der Waals surface area (Å²) in [7, 11) is 0. The highest BCUT2D eigenvalue weighted by molar-refractivity contribution is 7.09. The summed E-state index contributed by atoms with van der Waals surface area (Å²) in [5, 5.41) is 2.03. The van der Waals surface area contributed by atoms with Gasteiger partial charge in [0.15, 0.2) is 0 Å². The molecule has 0 saturated heterocycles. The van der Waals surface area contributed by atoms with Gasteiger partial charge in [-0.3, -0.25) is 0 Å². The lowest BCUT2D eigenvalue weighted by Gasteiger charge is -2.08. The molecule has 0 saturated carbocycles. The number of ether oxygens (including phenoxy) is 1. The lowest BCUT2D eigenvalue weighted by Crippen LogP contribution is -2.04. The maximum Gasteiger partial charge on any atom is 0.218 e. The summed E-state index contributed by atoms with van der Waals surface area (Å²) in [6.07, 6.45) is 0. The zero-order chi connectivity index (χ0) is 11.4. The minimum absolute atomic E-state index is 0.451. The summed E-state index contributed by atoms with van der Waals surface area (Å²) in [4.78, 5) is 5.53. The van der Waals surface area contributed by atoms with Crippen molar-refractivity contribution >= 4 is 11.3 Å². The van der Waals surface area contributed by atoms with Crippen molar-refractivity contribution in [3.05, 3.63) is 45.8 Å². The van der Waals surface area contributed by atoms with E-state index < -0.39 is 0 Å². The van der Waals surface area contributed by atoms with Gasteiger partial charge in [0, 0.05) is 22.7 Å². The third-order valence-corrected chi connectivity index (χ3v) is 3.08. The van der Waals surface area contributed by atoms with Gasteiger partial charge in [-0.25, -0.2) is 4.98 Å².